The summed E-state index contributed by atoms with van der Waals surface area (Å²) in [4.78, 5) is 28.7. The summed E-state index contributed by atoms with van der Waals surface area (Å²) in [6.07, 6.45) is 3.07. The monoisotopic (exact) mass is 546 g/mol. The smallest absolute Gasteiger partial charge is 0.266 e. The maximum Gasteiger partial charge on any atom is 0.266 e. The van der Waals surface area contributed by atoms with Gasteiger partial charge < -0.3 is 14.5 Å². The Hall–Kier alpha value is -2.08. The van der Waals surface area contributed by atoms with E-state index in [1.54, 1.807) is 10.4 Å². The lowest BCUT2D eigenvalue weighted by Gasteiger charge is -2.44. The van der Waals surface area contributed by atoms with Crippen molar-refractivity contribution in [3.05, 3.63) is 24.3 Å². The Bertz CT molecular complexity index is 959. The van der Waals surface area contributed by atoms with E-state index in [4.69, 9.17) is 4.74 Å². The molecule has 0 saturated carbocycles. The third-order valence-electron chi connectivity index (χ3n) is 6.94. The molecule has 2 amide bonds. The Morgan fingerprint density at radius 1 is 1.00 bits per heavy atom. The van der Waals surface area contributed by atoms with Crippen molar-refractivity contribution < 1.29 is 28.0 Å². The first-order chi connectivity index (χ1) is 16.8. The molecule has 2 saturated heterocycles. The number of carbonyl (C=O) groups is 2. The lowest BCUT2D eigenvalue weighted by molar-refractivity contribution is -0.138. The molecule has 0 aromatic heterocycles. The Morgan fingerprint density at radius 2 is 1.61 bits per heavy atom. The number of unbranched alkanes of at least 4 members (excludes halogenated alkanes) is 1. The number of nitrogens with zero attached hydrogens (tertiary/aromatic N) is 3. The van der Waals surface area contributed by atoms with Gasteiger partial charge in [-0.3, -0.25) is 14.8 Å². The number of ether oxygens (including phenoxy) is 1. The zero-order valence-electron chi connectivity index (χ0n) is 21.1. The SMILES string of the molecule is CCCCOc1ccc(N2CCN(S(=O)(=O)C3(C(=O)NO)CCN(C(=O)CCC)CC3)CC2)cc1.Cl. The molecule has 0 radical (unpaired) electrons. The van der Waals surface area contributed by atoms with Crippen molar-refractivity contribution in [1.29, 1.82) is 0 Å². The molecule has 0 atom stereocenters. The van der Waals surface area contributed by atoms with Crippen LogP contribution in [0.25, 0.3) is 0 Å². The number of amides is 2. The number of anilines is 1. The average Bonchev–Trinajstić information content (AvgIpc) is 2.89. The number of rotatable bonds is 10. The van der Waals surface area contributed by atoms with Gasteiger partial charge in [-0.15, -0.1) is 12.4 Å². The molecular weight excluding hydrogens is 508 g/mol. The topological polar surface area (TPSA) is 119 Å². The number of benzene rings is 1. The molecule has 0 spiro atoms. The van der Waals surface area contributed by atoms with Gasteiger partial charge in [0.25, 0.3) is 5.91 Å². The first-order valence-electron chi connectivity index (χ1n) is 12.5. The molecule has 2 heterocycles. The molecular formula is C24H39ClN4O6S. The predicted octanol–water partition coefficient (Wildman–Crippen LogP) is 2.41. The number of nitrogens with one attached hydrogen (secondary N) is 1. The molecule has 36 heavy (non-hydrogen) atoms. The first kappa shape index (κ1) is 30.1. The van der Waals surface area contributed by atoms with Gasteiger partial charge in [0.2, 0.25) is 15.9 Å². The van der Waals surface area contributed by atoms with E-state index < -0.39 is 20.7 Å². The zero-order chi connectivity index (χ0) is 25.5. The van der Waals surface area contributed by atoms with E-state index >= 15 is 0 Å². The number of hydroxylamine groups is 1. The minimum absolute atomic E-state index is 0. The van der Waals surface area contributed by atoms with Crippen molar-refractivity contribution in [1.82, 2.24) is 14.7 Å². The van der Waals surface area contributed by atoms with Crippen LogP contribution in [0.5, 0.6) is 5.75 Å². The Balaban J connectivity index is 0.00000456. The van der Waals surface area contributed by atoms with Crippen LogP contribution >= 0.6 is 12.4 Å². The summed E-state index contributed by atoms with van der Waals surface area (Å²) in [6.45, 7) is 6.45. The third kappa shape index (κ3) is 6.42. The van der Waals surface area contributed by atoms with Crippen molar-refractivity contribution in [2.24, 2.45) is 0 Å². The number of hydrogen-bond donors (Lipinski definition) is 2. The van der Waals surface area contributed by atoms with Crippen LogP contribution in [0.4, 0.5) is 5.69 Å². The van der Waals surface area contributed by atoms with Crippen LogP contribution in [0.2, 0.25) is 0 Å². The zero-order valence-corrected chi connectivity index (χ0v) is 22.8. The number of halogens is 1. The Kier molecular flexibility index (Phi) is 11.3. The van der Waals surface area contributed by atoms with Gasteiger partial charge in [-0.2, -0.15) is 4.31 Å². The lowest BCUT2D eigenvalue weighted by atomic mass is 9.94. The highest BCUT2D eigenvalue weighted by Gasteiger charge is 2.55. The standard InChI is InChI=1S/C24H38N4O6S.ClH/c1-3-5-19-34-21-9-7-20(8-10-21)26-15-17-28(18-16-26)35(32,33)24(23(30)25-31)11-13-27(14-12-24)22(29)6-4-2;/h7-10,31H,3-6,11-19H2,1-2H3,(H,25,30);1H. The quantitative estimate of drug-likeness (QED) is 0.263. The molecule has 2 fully saturated rings. The Labute approximate surface area is 220 Å². The van der Waals surface area contributed by atoms with Crippen LogP contribution in [0, 0.1) is 0 Å². The van der Waals surface area contributed by atoms with Crippen molar-refractivity contribution in [2.45, 2.75) is 57.1 Å². The third-order valence-corrected chi connectivity index (χ3v) is 9.57. The summed E-state index contributed by atoms with van der Waals surface area (Å²) in [5, 5.41) is 9.37. The molecule has 10 nitrogen and oxygen atoms in total. The first-order valence-corrected chi connectivity index (χ1v) is 13.9. The van der Waals surface area contributed by atoms with Gasteiger partial charge in [-0.1, -0.05) is 20.3 Å². The molecule has 2 N–H and O–H groups in total. The number of piperazine rings is 1. The van der Waals surface area contributed by atoms with Gasteiger partial charge in [-0.05, 0) is 49.9 Å². The van der Waals surface area contributed by atoms with Crippen LogP contribution < -0.4 is 15.1 Å². The normalized spacial score (nSPS) is 18.3. The van der Waals surface area contributed by atoms with Gasteiger partial charge in [0.15, 0.2) is 4.75 Å². The second-order valence-corrected chi connectivity index (χ2v) is 11.4. The summed E-state index contributed by atoms with van der Waals surface area (Å²) in [5.74, 6) is -0.163. The molecule has 12 heteroatoms. The van der Waals surface area contributed by atoms with Gasteiger partial charge >= 0.3 is 0 Å². The molecule has 0 bridgehead atoms. The highest BCUT2D eigenvalue weighted by atomic mass is 35.5. The second-order valence-electron chi connectivity index (χ2n) is 9.15. The summed E-state index contributed by atoms with van der Waals surface area (Å²) in [7, 11) is -4.07. The molecule has 0 aliphatic carbocycles. The minimum atomic E-state index is -4.07. The van der Waals surface area contributed by atoms with Gasteiger partial charge in [0, 0.05) is 51.4 Å². The predicted molar refractivity (Wildman–Crippen MR) is 140 cm³/mol. The number of likely N-dealkylation sites (tertiary alicyclic amines) is 1. The van der Waals surface area contributed by atoms with Crippen LogP contribution in [0.15, 0.2) is 24.3 Å². The summed E-state index contributed by atoms with van der Waals surface area (Å²) >= 11 is 0. The van der Waals surface area contributed by atoms with Crippen molar-refractivity contribution in [3.8, 4) is 5.75 Å². The van der Waals surface area contributed by atoms with E-state index in [9.17, 15) is 23.2 Å². The maximum absolute atomic E-state index is 13.7. The van der Waals surface area contributed by atoms with E-state index in [2.05, 4.69) is 11.8 Å². The van der Waals surface area contributed by atoms with Gasteiger partial charge in [0.1, 0.15) is 5.75 Å². The minimum Gasteiger partial charge on any atom is -0.494 e. The number of carbonyl (C=O) groups excluding carboxylic acids is 2. The van der Waals surface area contributed by atoms with E-state index in [1.807, 2.05) is 31.2 Å². The molecule has 204 valence electrons. The van der Waals surface area contributed by atoms with E-state index in [1.165, 1.54) is 4.31 Å². The largest absolute Gasteiger partial charge is 0.494 e. The molecule has 2 aliphatic rings. The molecule has 1 aromatic rings. The molecule has 2 aliphatic heterocycles. The van der Waals surface area contributed by atoms with Gasteiger partial charge in [-0.25, -0.2) is 13.9 Å². The molecule has 3 rings (SSSR count). The van der Waals surface area contributed by atoms with Crippen LogP contribution in [-0.4, -0.2) is 85.3 Å². The van der Waals surface area contributed by atoms with Crippen LogP contribution in [0.1, 0.15) is 52.4 Å². The van der Waals surface area contributed by atoms with Gasteiger partial charge in [0.05, 0.1) is 6.61 Å². The fourth-order valence-corrected chi connectivity index (χ4v) is 6.83. The van der Waals surface area contributed by atoms with Crippen LogP contribution in [-0.2, 0) is 19.6 Å². The number of sulfonamides is 1. The second kappa shape index (κ2) is 13.5. The maximum atomic E-state index is 13.7. The highest BCUT2D eigenvalue weighted by Crippen LogP contribution is 2.35. The average molecular weight is 547 g/mol. The fraction of sp³-hybridized carbons (Fsp3) is 0.667. The number of hydrogen-bond acceptors (Lipinski definition) is 7. The molecule has 0 unspecified atom stereocenters. The Morgan fingerprint density at radius 3 is 2.14 bits per heavy atom. The van der Waals surface area contributed by atoms with E-state index in [0.717, 1.165) is 24.3 Å². The highest BCUT2D eigenvalue weighted by molar-refractivity contribution is 7.91. The summed E-state index contributed by atoms with van der Waals surface area (Å²) < 4.78 is 32.7. The summed E-state index contributed by atoms with van der Waals surface area (Å²) in [6, 6.07) is 7.77. The number of piperidine rings is 1. The van der Waals surface area contributed by atoms with Crippen LogP contribution in [0.3, 0.4) is 0 Å². The van der Waals surface area contributed by atoms with Crippen molar-refractivity contribution >= 4 is 39.9 Å². The van der Waals surface area contributed by atoms with E-state index in [0.29, 0.717) is 32.5 Å². The lowest BCUT2D eigenvalue weighted by Crippen LogP contribution is -2.64. The summed E-state index contributed by atoms with van der Waals surface area (Å²) in [5.41, 5.74) is 2.56. The van der Waals surface area contributed by atoms with Crippen molar-refractivity contribution in [2.75, 3.05) is 50.8 Å². The fourth-order valence-electron chi connectivity index (χ4n) is 4.71. The van der Waals surface area contributed by atoms with Crippen molar-refractivity contribution in [3.63, 3.8) is 0 Å². The van der Waals surface area contributed by atoms with E-state index in [-0.39, 0.29) is 57.3 Å². The molecule has 1 aromatic carbocycles.